The van der Waals surface area contributed by atoms with Crippen molar-refractivity contribution in [2.45, 2.75) is 64.0 Å². The molecule has 2 aliphatic carbocycles. The first kappa shape index (κ1) is 17.4. The molecule has 0 radical (unpaired) electrons. The third-order valence-corrected chi connectivity index (χ3v) is 4.57. The molecular formula is C19H28ClNO. The molecule has 0 saturated heterocycles. The third kappa shape index (κ3) is 4.76. The Hall–Kier alpha value is -0.990. The van der Waals surface area contributed by atoms with Crippen molar-refractivity contribution in [2.24, 2.45) is 11.7 Å². The number of hydrogen-bond acceptors (Lipinski definition) is 2. The van der Waals surface area contributed by atoms with Crippen LogP contribution in [0.2, 0.25) is 0 Å². The van der Waals surface area contributed by atoms with Crippen LogP contribution < -0.4 is 10.5 Å². The van der Waals surface area contributed by atoms with Gasteiger partial charge in [0, 0.05) is 6.04 Å². The van der Waals surface area contributed by atoms with Gasteiger partial charge in [-0.15, -0.1) is 12.4 Å². The van der Waals surface area contributed by atoms with E-state index in [1.807, 2.05) is 6.92 Å². The van der Waals surface area contributed by atoms with Gasteiger partial charge in [0.1, 0.15) is 5.75 Å². The first-order valence-corrected chi connectivity index (χ1v) is 8.47. The van der Waals surface area contributed by atoms with E-state index >= 15 is 0 Å². The Morgan fingerprint density at radius 1 is 1.14 bits per heavy atom. The van der Waals surface area contributed by atoms with Gasteiger partial charge in [-0.2, -0.15) is 0 Å². The Kier molecular flexibility index (Phi) is 6.34. The highest BCUT2D eigenvalue weighted by Gasteiger charge is 2.18. The van der Waals surface area contributed by atoms with E-state index in [9.17, 15) is 0 Å². The average Bonchev–Trinajstić information content (AvgIpc) is 3.30. The zero-order valence-corrected chi connectivity index (χ0v) is 14.3. The lowest BCUT2D eigenvalue weighted by Gasteiger charge is -2.23. The molecule has 0 heterocycles. The summed E-state index contributed by atoms with van der Waals surface area (Å²) >= 11 is 0. The van der Waals surface area contributed by atoms with Gasteiger partial charge >= 0.3 is 0 Å². The lowest BCUT2D eigenvalue weighted by atomic mass is 9.97. The van der Waals surface area contributed by atoms with Crippen molar-refractivity contribution in [3.05, 3.63) is 35.4 Å². The summed E-state index contributed by atoms with van der Waals surface area (Å²) < 4.78 is 6.18. The second kappa shape index (κ2) is 8.03. The maximum absolute atomic E-state index is 6.18. The largest absolute Gasteiger partial charge is 0.490 e. The van der Waals surface area contributed by atoms with Crippen molar-refractivity contribution in [3.63, 3.8) is 0 Å². The van der Waals surface area contributed by atoms with Gasteiger partial charge in [0.2, 0.25) is 0 Å². The highest BCUT2D eigenvalue weighted by Crippen LogP contribution is 2.32. The van der Waals surface area contributed by atoms with Crippen LogP contribution in [0.1, 0.15) is 69.0 Å². The van der Waals surface area contributed by atoms with Gasteiger partial charge in [0.15, 0.2) is 0 Å². The van der Waals surface area contributed by atoms with Crippen LogP contribution in [0.3, 0.4) is 0 Å². The summed E-state index contributed by atoms with van der Waals surface area (Å²) in [6.07, 6.45) is 14.0. The fourth-order valence-electron chi connectivity index (χ4n) is 3.09. The molecule has 2 nitrogen and oxygen atoms in total. The van der Waals surface area contributed by atoms with Crippen LogP contribution >= 0.6 is 12.4 Å². The Balaban J connectivity index is 0.00000176. The maximum Gasteiger partial charge on any atom is 0.120 e. The fourth-order valence-corrected chi connectivity index (χ4v) is 3.09. The molecule has 3 rings (SSSR count). The molecule has 0 unspecified atom stereocenters. The van der Waals surface area contributed by atoms with Crippen LogP contribution in [0.5, 0.6) is 5.75 Å². The minimum Gasteiger partial charge on any atom is -0.490 e. The second-order valence-corrected chi connectivity index (χ2v) is 6.65. The number of ether oxygens (including phenoxy) is 1. The van der Waals surface area contributed by atoms with E-state index in [4.69, 9.17) is 10.5 Å². The Bertz CT molecular complexity index is 502. The number of nitrogens with two attached hydrogens (primary N) is 1. The Morgan fingerprint density at radius 2 is 1.86 bits per heavy atom. The SMILES string of the molecule is C[C@H](N)c1ccc(OC2CCCCC2)cc1/C=C/C1CC1.Cl. The van der Waals surface area contributed by atoms with Crippen LogP contribution in [0, 0.1) is 5.92 Å². The molecule has 0 spiro atoms. The quantitative estimate of drug-likeness (QED) is 0.802. The Labute approximate surface area is 140 Å². The monoisotopic (exact) mass is 321 g/mol. The second-order valence-electron chi connectivity index (χ2n) is 6.65. The van der Waals surface area contributed by atoms with E-state index in [1.165, 1.54) is 56.1 Å². The molecule has 0 aliphatic heterocycles. The molecule has 122 valence electrons. The van der Waals surface area contributed by atoms with Crippen LogP contribution in [0.15, 0.2) is 24.3 Å². The highest BCUT2D eigenvalue weighted by molar-refractivity contribution is 5.85. The summed E-state index contributed by atoms with van der Waals surface area (Å²) in [7, 11) is 0. The molecule has 2 N–H and O–H groups in total. The van der Waals surface area contributed by atoms with Gasteiger partial charge < -0.3 is 10.5 Å². The summed E-state index contributed by atoms with van der Waals surface area (Å²) in [4.78, 5) is 0. The topological polar surface area (TPSA) is 35.2 Å². The number of halogens is 1. The van der Waals surface area contributed by atoms with Gasteiger partial charge in [-0.3, -0.25) is 0 Å². The van der Waals surface area contributed by atoms with Gasteiger partial charge in [0.25, 0.3) is 0 Å². The molecule has 2 saturated carbocycles. The molecule has 1 aromatic carbocycles. The number of allylic oxidation sites excluding steroid dienone is 1. The molecule has 2 fully saturated rings. The maximum atomic E-state index is 6.18. The first-order chi connectivity index (χ1) is 10.2. The van der Waals surface area contributed by atoms with Crippen LogP contribution in [-0.4, -0.2) is 6.10 Å². The van der Waals surface area contributed by atoms with Crippen LogP contribution in [0.25, 0.3) is 6.08 Å². The van der Waals surface area contributed by atoms with Crippen molar-refractivity contribution < 1.29 is 4.74 Å². The fraction of sp³-hybridized carbons (Fsp3) is 0.579. The third-order valence-electron chi connectivity index (χ3n) is 4.57. The van der Waals surface area contributed by atoms with Crippen molar-refractivity contribution >= 4 is 18.5 Å². The highest BCUT2D eigenvalue weighted by atomic mass is 35.5. The van der Waals surface area contributed by atoms with Gasteiger partial charge in [-0.1, -0.05) is 24.6 Å². The molecule has 0 aromatic heterocycles. The molecule has 22 heavy (non-hydrogen) atoms. The smallest absolute Gasteiger partial charge is 0.120 e. The standard InChI is InChI=1S/C19H27NO.ClH/c1-14(20)19-12-11-18(21-17-5-3-2-4-6-17)13-16(19)10-9-15-7-8-15;/h9-15,17H,2-8,20H2,1H3;1H/b10-9+;/t14-;/m0./s1. The summed E-state index contributed by atoms with van der Waals surface area (Å²) in [5, 5.41) is 0. The van der Waals surface area contributed by atoms with E-state index in [1.54, 1.807) is 0 Å². The van der Waals surface area contributed by atoms with Crippen molar-refractivity contribution in [3.8, 4) is 5.75 Å². The average molecular weight is 322 g/mol. The zero-order chi connectivity index (χ0) is 14.7. The summed E-state index contributed by atoms with van der Waals surface area (Å²) in [5.41, 5.74) is 8.53. The van der Waals surface area contributed by atoms with Crippen molar-refractivity contribution in [2.75, 3.05) is 0 Å². The van der Waals surface area contributed by atoms with Crippen molar-refractivity contribution in [1.82, 2.24) is 0 Å². The van der Waals surface area contributed by atoms with E-state index in [2.05, 4.69) is 30.4 Å². The normalized spacial score (nSPS) is 20.6. The van der Waals surface area contributed by atoms with E-state index in [0.717, 1.165) is 11.7 Å². The molecule has 2 aliphatic rings. The molecule has 3 heteroatoms. The minimum atomic E-state index is 0. The molecular weight excluding hydrogens is 294 g/mol. The summed E-state index contributed by atoms with van der Waals surface area (Å²) in [5.74, 6) is 1.79. The summed E-state index contributed by atoms with van der Waals surface area (Å²) in [6.45, 7) is 2.05. The lowest BCUT2D eigenvalue weighted by molar-refractivity contribution is 0.155. The van der Waals surface area contributed by atoms with Crippen LogP contribution in [0.4, 0.5) is 0 Å². The zero-order valence-electron chi connectivity index (χ0n) is 13.5. The predicted octanol–water partition coefficient (Wildman–Crippen LogP) is 5.26. The predicted molar refractivity (Wildman–Crippen MR) is 95.6 cm³/mol. The van der Waals surface area contributed by atoms with E-state index in [-0.39, 0.29) is 18.4 Å². The Morgan fingerprint density at radius 3 is 2.50 bits per heavy atom. The summed E-state index contributed by atoms with van der Waals surface area (Å²) in [6, 6.07) is 6.45. The number of rotatable bonds is 5. The number of hydrogen-bond donors (Lipinski definition) is 1. The lowest BCUT2D eigenvalue weighted by Crippen LogP contribution is -2.19. The first-order valence-electron chi connectivity index (χ1n) is 8.47. The van der Waals surface area contributed by atoms with Gasteiger partial charge in [-0.25, -0.2) is 0 Å². The minimum absolute atomic E-state index is 0. The molecule has 0 amide bonds. The van der Waals surface area contributed by atoms with Gasteiger partial charge in [-0.05, 0) is 74.6 Å². The molecule has 1 atom stereocenters. The van der Waals surface area contributed by atoms with Crippen molar-refractivity contribution in [1.29, 1.82) is 0 Å². The molecule has 0 bridgehead atoms. The molecule has 1 aromatic rings. The van der Waals surface area contributed by atoms with Crippen LogP contribution in [-0.2, 0) is 0 Å². The van der Waals surface area contributed by atoms with Gasteiger partial charge in [0.05, 0.1) is 6.10 Å². The van der Waals surface area contributed by atoms with E-state index < -0.39 is 0 Å². The van der Waals surface area contributed by atoms with E-state index in [0.29, 0.717) is 6.10 Å². The number of benzene rings is 1.